The van der Waals surface area contributed by atoms with E-state index in [9.17, 15) is 0 Å². The molecular formula is C14H12ClN3. The molecule has 3 rings (SSSR count). The molecule has 3 nitrogen and oxygen atoms in total. The first-order chi connectivity index (χ1) is 8.83. The van der Waals surface area contributed by atoms with Crippen LogP contribution in [0.15, 0.2) is 48.7 Å². The third-order valence-electron chi connectivity index (χ3n) is 2.88. The van der Waals surface area contributed by atoms with Gasteiger partial charge in [0.15, 0.2) is 0 Å². The molecule has 3 aromatic rings. The van der Waals surface area contributed by atoms with Crippen LogP contribution in [0.4, 0.5) is 5.69 Å². The summed E-state index contributed by atoms with van der Waals surface area (Å²) in [5, 5.41) is 12.2. The van der Waals surface area contributed by atoms with Gasteiger partial charge in [-0.25, -0.2) is 0 Å². The molecule has 0 aliphatic carbocycles. The molecule has 0 saturated heterocycles. The lowest BCUT2D eigenvalue weighted by atomic mass is 10.2. The number of anilines is 1. The molecule has 0 aliphatic heterocycles. The molecule has 90 valence electrons. The van der Waals surface area contributed by atoms with Crippen LogP contribution in [-0.4, -0.2) is 10.2 Å². The van der Waals surface area contributed by atoms with Gasteiger partial charge < -0.3 is 5.32 Å². The van der Waals surface area contributed by atoms with Gasteiger partial charge in [-0.2, -0.15) is 5.10 Å². The van der Waals surface area contributed by atoms with Crippen molar-refractivity contribution in [1.29, 1.82) is 0 Å². The lowest BCUT2D eigenvalue weighted by Crippen LogP contribution is -1.99. The van der Waals surface area contributed by atoms with E-state index >= 15 is 0 Å². The second-order valence-corrected chi connectivity index (χ2v) is 4.52. The third kappa shape index (κ3) is 2.17. The van der Waals surface area contributed by atoms with Crippen molar-refractivity contribution in [3.8, 4) is 0 Å². The lowest BCUT2D eigenvalue weighted by Gasteiger charge is -2.07. The Kier molecular flexibility index (Phi) is 2.90. The van der Waals surface area contributed by atoms with E-state index in [-0.39, 0.29) is 0 Å². The third-order valence-corrected chi connectivity index (χ3v) is 3.25. The summed E-state index contributed by atoms with van der Waals surface area (Å²) in [6.07, 6.45) is 1.82. The minimum absolute atomic E-state index is 0.711. The highest BCUT2D eigenvalue weighted by Gasteiger charge is 2.00. The van der Waals surface area contributed by atoms with Gasteiger partial charge in [0.25, 0.3) is 0 Å². The minimum Gasteiger partial charge on any atom is -0.381 e. The molecule has 0 spiro atoms. The van der Waals surface area contributed by atoms with Crippen molar-refractivity contribution in [2.45, 2.75) is 6.54 Å². The molecular weight excluding hydrogens is 246 g/mol. The number of H-pyrrole nitrogens is 1. The fourth-order valence-electron chi connectivity index (χ4n) is 1.89. The Morgan fingerprint density at radius 2 is 2.06 bits per heavy atom. The molecule has 0 saturated carbocycles. The standard InChI is InChI=1S/C14H12ClN3/c15-13-4-2-1-3-10(13)8-16-12-5-6-14-11(7-12)9-17-18-14/h1-7,9,16H,8H2,(H,17,18). The van der Waals surface area contributed by atoms with Crippen molar-refractivity contribution in [2.24, 2.45) is 0 Å². The highest BCUT2D eigenvalue weighted by Crippen LogP contribution is 2.19. The van der Waals surface area contributed by atoms with Crippen LogP contribution in [0, 0.1) is 0 Å². The summed E-state index contributed by atoms with van der Waals surface area (Å²) in [6.45, 7) is 0.711. The second kappa shape index (κ2) is 4.70. The van der Waals surface area contributed by atoms with Crippen LogP contribution < -0.4 is 5.32 Å². The van der Waals surface area contributed by atoms with E-state index in [1.54, 1.807) is 0 Å². The Morgan fingerprint density at radius 3 is 2.94 bits per heavy atom. The topological polar surface area (TPSA) is 40.7 Å². The molecule has 2 aromatic carbocycles. The van der Waals surface area contributed by atoms with Crippen LogP contribution in [-0.2, 0) is 6.54 Å². The van der Waals surface area contributed by atoms with Gasteiger partial charge in [-0.3, -0.25) is 5.10 Å². The number of aromatic nitrogens is 2. The van der Waals surface area contributed by atoms with Crippen LogP contribution in [0.25, 0.3) is 10.9 Å². The van der Waals surface area contributed by atoms with Gasteiger partial charge in [-0.1, -0.05) is 29.8 Å². The van der Waals surface area contributed by atoms with E-state index < -0.39 is 0 Å². The summed E-state index contributed by atoms with van der Waals surface area (Å²) in [4.78, 5) is 0. The molecule has 1 heterocycles. The van der Waals surface area contributed by atoms with Crippen molar-refractivity contribution in [3.05, 3.63) is 59.2 Å². The molecule has 1 aromatic heterocycles. The molecule has 0 aliphatic rings. The SMILES string of the molecule is Clc1ccccc1CNc1ccc2[nH]ncc2c1. The normalized spacial score (nSPS) is 10.7. The summed E-state index contributed by atoms with van der Waals surface area (Å²) < 4.78 is 0. The zero-order valence-electron chi connectivity index (χ0n) is 9.65. The van der Waals surface area contributed by atoms with Gasteiger partial charge in [0, 0.05) is 22.6 Å². The van der Waals surface area contributed by atoms with Gasteiger partial charge >= 0.3 is 0 Å². The van der Waals surface area contributed by atoms with Gasteiger partial charge in [-0.05, 0) is 29.8 Å². The van der Waals surface area contributed by atoms with Crippen LogP contribution in [0.1, 0.15) is 5.56 Å². The Hall–Kier alpha value is -2.00. The van der Waals surface area contributed by atoms with Crippen molar-refractivity contribution in [3.63, 3.8) is 0 Å². The maximum atomic E-state index is 6.11. The van der Waals surface area contributed by atoms with Crippen LogP contribution in [0.3, 0.4) is 0 Å². The largest absolute Gasteiger partial charge is 0.381 e. The quantitative estimate of drug-likeness (QED) is 0.749. The van der Waals surface area contributed by atoms with Crippen LogP contribution in [0.5, 0.6) is 0 Å². The van der Waals surface area contributed by atoms with E-state index in [1.165, 1.54) is 0 Å². The van der Waals surface area contributed by atoms with Crippen molar-refractivity contribution < 1.29 is 0 Å². The Morgan fingerprint density at radius 1 is 1.17 bits per heavy atom. The molecule has 0 amide bonds. The lowest BCUT2D eigenvalue weighted by molar-refractivity contribution is 1.12. The predicted molar refractivity (Wildman–Crippen MR) is 74.9 cm³/mol. The van der Waals surface area contributed by atoms with Gasteiger partial charge in [0.2, 0.25) is 0 Å². The summed E-state index contributed by atoms with van der Waals surface area (Å²) in [6, 6.07) is 13.9. The van der Waals surface area contributed by atoms with Gasteiger partial charge in [0.05, 0.1) is 11.7 Å². The Bertz CT molecular complexity index is 675. The molecule has 2 N–H and O–H groups in total. The zero-order chi connectivity index (χ0) is 12.4. The molecule has 0 unspecified atom stereocenters. The fourth-order valence-corrected chi connectivity index (χ4v) is 2.09. The number of hydrogen-bond acceptors (Lipinski definition) is 2. The fraction of sp³-hybridized carbons (Fsp3) is 0.0714. The van der Waals surface area contributed by atoms with E-state index in [0.29, 0.717) is 6.54 Å². The highest BCUT2D eigenvalue weighted by molar-refractivity contribution is 6.31. The van der Waals surface area contributed by atoms with E-state index in [1.807, 2.05) is 42.6 Å². The Balaban J connectivity index is 1.78. The summed E-state index contributed by atoms with van der Waals surface area (Å²) in [5.41, 5.74) is 3.19. The zero-order valence-corrected chi connectivity index (χ0v) is 10.4. The van der Waals surface area contributed by atoms with Crippen molar-refractivity contribution in [2.75, 3.05) is 5.32 Å². The average Bonchev–Trinajstić information content (AvgIpc) is 2.85. The van der Waals surface area contributed by atoms with Crippen LogP contribution >= 0.6 is 11.6 Å². The van der Waals surface area contributed by atoms with Gasteiger partial charge in [0.1, 0.15) is 0 Å². The number of rotatable bonds is 3. The van der Waals surface area contributed by atoms with E-state index in [0.717, 1.165) is 27.2 Å². The van der Waals surface area contributed by atoms with E-state index in [4.69, 9.17) is 11.6 Å². The number of halogens is 1. The first-order valence-electron chi connectivity index (χ1n) is 5.73. The molecule has 0 fully saturated rings. The van der Waals surface area contributed by atoms with Gasteiger partial charge in [-0.15, -0.1) is 0 Å². The van der Waals surface area contributed by atoms with Crippen molar-refractivity contribution >= 4 is 28.2 Å². The number of benzene rings is 2. The molecule has 0 atom stereocenters. The first-order valence-corrected chi connectivity index (χ1v) is 6.11. The first kappa shape index (κ1) is 11.1. The summed E-state index contributed by atoms with van der Waals surface area (Å²) >= 11 is 6.11. The second-order valence-electron chi connectivity index (χ2n) is 4.12. The minimum atomic E-state index is 0.711. The molecule has 0 radical (unpaired) electrons. The summed E-state index contributed by atoms with van der Waals surface area (Å²) in [5.74, 6) is 0. The maximum absolute atomic E-state index is 6.11. The van der Waals surface area contributed by atoms with Crippen molar-refractivity contribution in [1.82, 2.24) is 10.2 Å². The number of nitrogens with one attached hydrogen (secondary N) is 2. The monoisotopic (exact) mass is 257 g/mol. The molecule has 18 heavy (non-hydrogen) atoms. The number of nitrogens with zero attached hydrogens (tertiary/aromatic N) is 1. The summed E-state index contributed by atoms with van der Waals surface area (Å²) in [7, 11) is 0. The number of fused-ring (bicyclic) bond motifs is 1. The molecule has 0 bridgehead atoms. The number of hydrogen-bond donors (Lipinski definition) is 2. The highest BCUT2D eigenvalue weighted by atomic mass is 35.5. The van der Waals surface area contributed by atoms with Crippen LogP contribution in [0.2, 0.25) is 5.02 Å². The predicted octanol–water partition coefficient (Wildman–Crippen LogP) is 3.83. The molecule has 4 heteroatoms. The maximum Gasteiger partial charge on any atom is 0.0651 e. The Labute approximate surface area is 110 Å². The average molecular weight is 258 g/mol. The smallest absolute Gasteiger partial charge is 0.0651 e. The number of aromatic amines is 1. The van der Waals surface area contributed by atoms with E-state index in [2.05, 4.69) is 21.6 Å².